The fourth-order valence-electron chi connectivity index (χ4n) is 2.07. The van der Waals surface area contributed by atoms with Crippen LogP contribution in [0.25, 0.3) is 0 Å². The number of Topliss-reactive ketones (excluding diaryl/α,β-unsaturated/α-hetero) is 1. The molecule has 0 fully saturated rings. The summed E-state index contributed by atoms with van der Waals surface area (Å²) in [4.78, 5) is 12.4. The van der Waals surface area contributed by atoms with Gasteiger partial charge in [0, 0.05) is 22.3 Å². The predicted octanol–water partition coefficient (Wildman–Crippen LogP) is 3.63. The summed E-state index contributed by atoms with van der Waals surface area (Å²) >= 11 is 9.54. The average Bonchev–Trinajstić information content (AvgIpc) is 2.66. The molecule has 2 N–H and O–H groups in total. The maximum atomic E-state index is 12.4. The zero-order chi connectivity index (χ0) is 14.9. The van der Waals surface area contributed by atoms with Crippen LogP contribution in [0.2, 0.25) is 5.02 Å². The Kier molecular flexibility index (Phi) is 4.50. The molecule has 2 aromatic rings. The maximum absolute atomic E-state index is 12.4. The van der Waals surface area contributed by atoms with E-state index in [4.69, 9.17) is 17.3 Å². The first-order valence-electron chi connectivity index (χ1n) is 6.24. The molecule has 1 aromatic carbocycles. The standard InChI is InChI=1S/C14H15BrClN3O/c1-3-19-12(14(16)8(2)18-19)7-13(20)10-5-4-9(15)6-11(10)17/h4-6H,3,7,17H2,1-2H3. The number of ketones is 1. The molecule has 0 bridgehead atoms. The van der Waals surface area contributed by atoms with Crippen molar-refractivity contribution < 1.29 is 4.79 Å². The van der Waals surface area contributed by atoms with Gasteiger partial charge in [0.25, 0.3) is 0 Å². The smallest absolute Gasteiger partial charge is 0.170 e. The van der Waals surface area contributed by atoms with Crippen LogP contribution in [0.3, 0.4) is 0 Å². The van der Waals surface area contributed by atoms with Crippen molar-refractivity contribution in [3.8, 4) is 0 Å². The zero-order valence-electron chi connectivity index (χ0n) is 11.3. The molecule has 0 aliphatic heterocycles. The second-order valence-corrected chi connectivity index (χ2v) is 5.79. The van der Waals surface area contributed by atoms with E-state index >= 15 is 0 Å². The third kappa shape index (κ3) is 2.88. The lowest BCUT2D eigenvalue weighted by atomic mass is 10.0. The molecule has 20 heavy (non-hydrogen) atoms. The predicted molar refractivity (Wildman–Crippen MR) is 84.2 cm³/mol. The molecule has 0 unspecified atom stereocenters. The highest BCUT2D eigenvalue weighted by Crippen LogP contribution is 2.24. The van der Waals surface area contributed by atoms with Gasteiger partial charge < -0.3 is 5.73 Å². The van der Waals surface area contributed by atoms with E-state index in [9.17, 15) is 4.79 Å². The topological polar surface area (TPSA) is 60.9 Å². The average molecular weight is 357 g/mol. The van der Waals surface area contributed by atoms with Crippen molar-refractivity contribution >= 4 is 39.0 Å². The second-order valence-electron chi connectivity index (χ2n) is 4.49. The van der Waals surface area contributed by atoms with Gasteiger partial charge in [-0.15, -0.1) is 0 Å². The SMILES string of the molecule is CCn1nc(C)c(Cl)c1CC(=O)c1ccc(Br)cc1N. The van der Waals surface area contributed by atoms with Crippen LogP contribution in [0.4, 0.5) is 5.69 Å². The first kappa shape index (κ1) is 15.1. The molecule has 0 aliphatic carbocycles. The number of nitrogens with zero attached hydrogens (tertiary/aromatic N) is 2. The third-order valence-corrected chi connectivity index (χ3v) is 4.08. The molecule has 0 amide bonds. The molecule has 0 saturated carbocycles. The van der Waals surface area contributed by atoms with E-state index in [1.807, 2.05) is 13.8 Å². The van der Waals surface area contributed by atoms with Gasteiger partial charge in [-0.1, -0.05) is 27.5 Å². The Hall–Kier alpha value is -1.33. The summed E-state index contributed by atoms with van der Waals surface area (Å²) in [5.41, 5.74) is 8.32. The van der Waals surface area contributed by atoms with Gasteiger partial charge in [0.05, 0.1) is 22.8 Å². The molecular formula is C14H15BrClN3O. The molecular weight excluding hydrogens is 342 g/mol. The number of rotatable bonds is 4. The van der Waals surface area contributed by atoms with Gasteiger partial charge in [0.15, 0.2) is 5.78 Å². The van der Waals surface area contributed by atoms with Crippen molar-refractivity contribution in [2.75, 3.05) is 5.73 Å². The minimum Gasteiger partial charge on any atom is -0.398 e. The number of nitrogen functional groups attached to an aromatic ring is 1. The first-order chi connectivity index (χ1) is 9.43. The van der Waals surface area contributed by atoms with E-state index in [1.54, 1.807) is 22.9 Å². The van der Waals surface area contributed by atoms with Crippen molar-refractivity contribution in [2.24, 2.45) is 0 Å². The molecule has 0 saturated heterocycles. The summed E-state index contributed by atoms with van der Waals surface area (Å²) in [6.45, 7) is 4.47. The molecule has 0 atom stereocenters. The van der Waals surface area contributed by atoms with E-state index in [-0.39, 0.29) is 12.2 Å². The van der Waals surface area contributed by atoms with Gasteiger partial charge in [-0.2, -0.15) is 5.10 Å². The van der Waals surface area contributed by atoms with Crippen LogP contribution >= 0.6 is 27.5 Å². The van der Waals surface area contributed by atoms with Crippen LogP contribution in [-0.4, -0.2) is 15.6 Å². The number of benzene rings is 1. The minimum atomic E-state index is -0.0634. The van der Waals surface area contributed by atoms with Crippen LogP contribution in [-0.2, 0) is 13.0 Å². The summed E-state index contributed by atoms with van der Waals surface area (Å²) in [5, 5.41) is 4.86. The molecule has 106 valence electrons. The summed E-state index contributed by atoms with van der Waals surface area (Å²) < 4.78 is 2.60. The van der Waals surface area contributed by atoms with Gasteiger partial charge in [0.1, 0.15) is 0 Å². The number of hydrogen-bond donors (Lipinski definition) is 1. The fourth-order valence-corrected chi connectivity index (χ4v) is 2.65. The summed E-state index contributed by atoms with van der Waals surface area (Å²) in [7, 11) is 0. The van der Waals surface area contributed by atoms with E-state index in [2.05, 4.69) is 21.0 Å². The van der Waals surface area contributed by atoms with Crippen LogP contribution < -0.4 is 5.73 Å². The molecule has 6 heteroatoms. The number of hydrogen-bond acceptors (Lipinski definition) is 3. The lowest BCUT2D eigenvalue weighted by molar-refractivity contribution is 0.0991. The van der Waals surface area contributed by atoms with E-state index < -0.39 is 0 Å². The van der Waals surface area contributed by atoms with E-state index in [0.717, 1.165) is 15.9 Å². The highest BCUT2D eigenvalue weighted by atomic mass is 79.9. The number of anilines is 1. The Bertz CT molecular complexity index is 667. The minimum absolute atomic E-state index is 0.0634. The summed E-state index contributed by atoms with van der Waals surface area (Å²) in [6.07, 6.45) is 0.194. The molecule has 1 heterocycles. The number of carbonyl (C=O) groups is 1. The third-order valence-electron chi connectivity index (χ3n) is 3.09. The Morgan fingerprint density at radius 1 is 1.50 bits per heavy atom. The molecule has 2 rings (SSSR count). The van der Waals surface area contributed by atoms with Gasteiger partial charge in [-0.3, -0.25) is 9.48 Å². The number of aromatic nitrogens is 2. The first-order valence-corrected chi connectivity index (χ1v) is 7.41. The quantitative estimate of drug-likeness (QED) is 0.672. The van der Waals surface area contributed by atoms with E-state index in [0.29, 0.717) is 22.8 Å². The molecule has 0 spiro atoms. The van der Waals surface area contributed by atoms with Crippen molar-refractivity contribution in [3.63, 3.8) is 0 Å². The maximum Gasteiger partial charge on any atom is 0.170 e. The Balaban J connectivity index is 2.32. The molecule has 4 nitrogen and oxygen atoms in total. The normalized spacial score (nSPS) is 10.8. The second kappa shape index (κ2) is 5.97. The lowest BCUT2D eigenvalue weighted by Crippen LogP contribution is -2.11. The van der Waals surface area contributed by atoms with Crippen LogP contribution in [0.15, 0.2) is 22.7 Å². The van der Waals surface area contributed by atoms with Crippen molar-refractivity contribution in [1.82, 2.24) is 9.78 Å². The molecule has 0 aliphatic rings. The van der Waals surface area contributed by atoms with Gasteiger partial charge >= 0.3 is 0 Å². The van der Waals surface area contributed by atoms with Gasteiger partial charge in [-0.25, -0.2) is 0 Å². The Morgan fingerprint density at radius 3 is 2.80 bits per heavy atom. The van der Waals surface area contributed by atoms with Crippen molar-refractivity contribution in [1.29, 1.82) is 0 Å². The van der Waals surface area contributed by atoms with Crippen LogP contribution in [0.1, 0.15) is 28.7 Å². The number of halogens is 2. The van der Waals surface area contributed by atoms with Crippen molar-refractivity contribution in [2.45, 2.75) is 26.8 Å². The number of carbonyl (C=O) groups excluding carboxylic acids is 1. The number of nitrogens with two attached hydrogens (primary N) is 1. The van der Waals surface area contributed by atoms with Gasteiger partial charge in [-0.05, 0) is 32.0 Å². The van der Waals surface area contributed by atoms with Crippen molar-refractivity contribution in [3.05, 3.63) is 44.6 Å². The van der Waals surface area contributed by atoms with Crippen LogP contribution in [0, 0.1) is 6.92 Å². The zero-order valence-corrected chi connectivity index (χ0v) is 13.6. The summed E-state index contributed by atoms with van der Waals surface area (Å²) in [6, 6.07) is 5.24. The Labute approximate surface area is 131 Å². The fraction of sp³-hybridized carbons (Fsp3) is 0.286. The van der Waals surface area contributed by atoms with Crippen LogP contribution in [0.5, 0.6) is 0 Å². The number of aryl methyl sites for hydroxylation is 2. The highest BCUT2D eigenvalue weighted by Gasteiger charge is 2.18. The highest BCUT2D eigenvalue weighted by molar-refractivity contribution is 9.10. The molecule has 0 radical (unpaired) electrons. The summed E-state index contributed by atoms with van der Waals surface area (Å²) in [5.74, 6) is -0.0634. The van der Waals surface area contributed by atoms with E-state index in [1.165, 1.54) is 0 Å². The lowest BCUT2D eigenvalue weighted by Gasteiger charge is -2.07. The Morgan fingerprint density at radius 2 is 2.20 bits per heavy atom. The monoisotopic (exact) mass is 355 g/mol. The largest absolute Gasteiger partial charge is 0.398 e. The molecule has 1 aromatic heterocycles. The van der Waals surface area contributed by atoms with Gasteiger partial charge in [0.2, 0.25) is 0 Å².